The van der Waals surface area contributed by atoms with Crippen molar-refractivity contribution in [3.05, 3.63) is 0 Å². The number of likely N-dealkylation sites (N-methyl/N-ethyl adjacent to an activating group) is 1. The molecule has 10 heavy (non-hydrogen) atoms. The van der Waals surface area contributed by atoms with E-state index in [1.54, 1.807) is 11.9 Å². The number of hydrogen-bond donors (Lipinski definition) is 1. The van der Waals surface area contributed by atoms with Crippen LogP contribution >= 0.6 is 0 Å². The van der Waals surface area contributed by atoms with Crippen LogP contribution in [0, 0.1) is 0 Å². The highest BCUT2D eigenvalue weighted by molar-refractivity contribution is 5.76. The highest BCUT2D eigenvalue weighted by atomic mass is 16.5. The Labute approximate surface area is 59.4 Å². The van der Waals surface area contributed by atoms with Crippen LogP contribution in [-0.4, -0.2) is 48.8 Å². The Morgan fingerprint density at radius 2 is 2.60 bits per heavy atom. The van der Waals surface area contributed by atoms with Crippen molar-refractivity contribution in [2.24, 2.45) is 0 Å². The highest BCUT2D eigenvalue weighted by Crippen LogP contribution is 2.03. The number of esters is 1. The van der Waals surface area contributed by atoms with Crippen molar-refractivity contribution in [3.63, 3.8) is 0 Å². The van der Waals surface area contributed by atoms with E-state index in [0.717, 1.165) is 0 Å². The maximum absolute atomic E-state index is 10.8. The van der Waals surface area contributed by atoms with Gasteiger partial charge in [-0.25, -0.2) is 0 Å². The number of cyclic esters (lactones) is 1. The average molecular weight is 145 g/mol. The molecule has 0 aromatic rings. The molecule has 1 saturated heterocycles. The maximum Gasteiger partial charge on any atom is 0.325 e. The third-order valence-corrected chi connectivity index (χ3v) is 1.67. The molecule has 1 heterocycles. The lowest BCUT2D eigenvalue weighted by atomic mass is 10.2. The van der Waals surface area contributed by atoms with Crippen LogP contribution in [-0.2, 0) is 9.53 Å². The molecule has 1 N–H and O–H groups in total. The SMILES string of the molecule is CN1CCOC(=O)C1CO. The van der Waals surface area contributed by atoms with E-state index in [0.29, 0.717) is 13.2 Å². The minimum Gasteiger partial charge on any atom is -0.463 e. The molecule has 1 aliphatic heterocycles. The lowest BCUT2D eigenvalue weighted by Gasteiger charge is -2.29. The van der Waals surface area contributed by atoms with Gasteiger partial charge in [0.05, 0.1) is 6.61 Å². The Bertz CT molecular complexity index is 137. The Morgan fingerprint density at radius 3 is 3.00 bits per heavy atom. The van der Waals surface area contributed by atoms with Crippen LogP contribution < -0.4 is 0 Å². The number of aliphatic hydroxyl groups is 1. The summed E-state index contributed by atoms with van der Waals surface area (Å²) < 4.78 is 4.71. The van der Waals surface area contributed by atoms with Crippen molar-refractivity contribution < 1.29 is 14.6 Å². The second-order valence-corrected chi connectivity index (χ2v) is 2.35. The van der Waals surface area contributed by atoms with Crippen LogP contribution in [0.5, 0.6) is 0 Å². The van der Waals surface area contributed by atoms with E-state index in [4.69, 9.17) is 9.84 Å². The molecule has 0 radical (unpaired) electrons. The third kappa shape index (κ3) is 1.27. The van der Waals surface area contributed by atoms with E-state index < -0.39 is 6.04 Å². The van der Waals surface area contributed by atoms with Gasteiger partial charge in [0.25, 0.3) is 0 Å². The Balaban J connectivity index is 2.53. The molecular weight excluding hydrogens is 134 g/mol. The largest absolute Gasteiger partial charge is 0.463 e. The Kier molecular flexibility index (Phi) is 2.24. The summed E-state index contributed by atoms with van der Waals surface area (Å²) >= 11 is 0. The van der Waals surface area contributed by atoms with Gasteiger partial charge in [0.1, 0.15) is 12.6 Å². The fraction of sp³-hybridized carbons (Fsp3) is 0.833. The number of nitrogens with zero attached hydrogens (tertiary/aromatic N) is 1. The summed E-state index contributed by atoms with van der Waals surface area (Å²) in [5, 5.41) is 8.69. The predicted molar refractivity (Wildman–Crippen MR) is 34.5 cm³/mol. The van der Waals surface area contributed by atoms with Gasteiger partial charge >= 0.3 is 5.97 Å². The predicted octanol–water partition coefficient (Wildman–Crippen LogP) is -1.16. The molecule has 1 fully saturated rings. The van der Waals surface area contributed by atoms with Crippen molar-refractivity contribution in [3.8, 4) is 0 Å². The van der Waals surface area contributed by atoms with Gasteiger partial charge in [-0.1, -0.05) is 0 Å². The van der Waals surface area contributed by atoms with Gasteiger partial charge in [-0.3, -0.25) is 9.69 Å². The van der Waals surface area contributed by atoms with E-state index in [1.807, 2.05) is 0 Å². The van der Waals surface area contributed by atoms with Crippen LogP contribution in [0.3, 0.4) is 0 Å². The molecule has 1 aliphatic rings. The monoisotopic (exact) mass is 145 g/mol. The zero-order valence-electron chi connectivity index (χ0n) is 5.91. The van der Waals surface area contributed by atoms with Gasteiger partial charge in [-0.2, -0.15) is 0 Å². The lowest BCUT2D eigenvalue weighted by Crippen LogP contribution is -2.48. The zero-order valence-corrected chi connectivity index (χ0v) is 5.91. The summed E-state index contributed by atoms with van der Waals surface area (Å²) in [5.74, 6) is -0.323. The molecule has 0 spiro atoms. The van der Waals surface area contributed by atoms with E-state index >= 15 is 0 Å². The summed E-state index contributed by atoms with van der Waals surface area (Å²) in [6.45, 7) is 0.984. The number of carbonyl (C=O) groups excluding carboxylic acids is 1. The van der Waals surface area contributed by atoms with Crippen molar-refractivity contribution in [1.82, 2.24) is 4.90 Å². The van der Waals surface area contributed by atoms with E-state index in [9.17, 15) is 4.79 Å². The van der Waals surface area contributed by atoms with Gasteiger partial charge < -0.3 is 9.84 Å². The zero-order chi connectivity index (χ0) is 7.56. The van der Waals surface area contributed by atoms with E-state index in [1.165, 1.54) is 0 Å². The number of aliphatic hydroxyl groups excluding tert-OH is 1. The van der Waals surface area contributed by atoms with Gasteiger partial charge in [0.15, 0.2) is 0 Å². The molecule has 58 valence electrons. The van der Waals surface area contributed by atoms with Crippen LogP contribution in [0.1, 0.15) is 0 Å². The van der Waals surface area contributed by atoms with Gasteiger partial charge in [0.2, 0.25) is 0 Å². The van der Waals surface area contributed by atoms with Crippen molar-refractivity contribution in [2.45, 2.75) is 6.04 Å². The summed E-state index contributed by atoms with van der Waals surface area (Å²) in [6.07, 6.45) is 0. The molecule has 0 aliphatic carbocycles. The fourth-order valence-electron chi connectivity index (χ4n) is 0.936. The summed E-state index contributed by atoms with van der Waals surface area (Å²) in [4.78, 5) is 12.6. The Hall–Kier alpha value is -0.610. The normalized spacial score (nSPS) is 28.2. The number of morpholine rings is 1. The average Bonchev–Trinajstić information content (AvgIpc) is 1.88. The first kappa shape index (κ1) is 7.50. The molecule has 0 amide bonds. The maximum atomic E-state index is 10.8. The standard InChI is InChI=1S/C6H11NO3/c1-7-2-3-10-6(9)5(7)4-8/h5,8H,2-4H2,1H3. The second kappa shape index (κ2) is 2.98. The van der Waals surface area contributed by atoms with Gasteiger partial charge in [0, 0.05) is 6.54 Å². The molecule has 1 rings (SSSR count). The van der Waals surface area contributed by atoms with Crippen molar-refractivity contribution in [1.29, 1.82) is 0 Å². The first-order valence-corrected chi connectivity index (χ1v) is 3.23. The molecule has 0 aromatic carbocycles. The lowest BCUT2D eigenvalue weighted by molar-refractivity contribution is -0.158. The van der Waals surface area contributed by atoms with Crippen LogP contribution in [0.25, 0.3) is 0 Å². The quantitative estimate of drug-likeness (QED) is 0.473. The third-order valence-electron chi connectivity index (χ3n) is 1.67. The van der Waals surface area contributed by atoms with Crippen LogP contribution in [0.2, 0.25) is 0 Å². The smallest absolute Gasteiger partial charge is 0.325 e. The topological polar surface area (TPSA) is 49.8 Å². The number of carbonyl (C=O) groups is 1. The minimum absolute atomic E-state index is 0.157. The first-order valence-electron chi connectivity index (χ1n) is 3.23. The molecule has 0 aromatic heterocycles. The fourth-order valence-corrected chi connectivity index (χ4v) is 0.936. The van der Waals surface area contributed by atoms with Crippen LogP contribution in [0.15, 0.2) is 0 Å². The first-order chi connectivity index (χ1) is 4.75. The number of rotatable bonds is 1. The highest BCUT2D eigenvalue weighted by Gasteiger charge is 2.27. The number of ether oxygens (including phenoxy) is 1. The van der Waals surface area contributed by atoms with Crippen molar-refractivity contribution >= 4 is 5.97 Å². The molecule has 4 nitrogen and oxygen atoms in total. The molecular formula is C6H11NO3. The molecule has 1 unspecified atom stereocenters. The van der Waals surface area contributed by atoms with E-state index in [2.05, 4.69) is 0 Å². The number of hydrogen-bond acceptors (Lipinski definition) is 4. The molecule has 4 heteroatoms. The van der Waals surface area contributed by atoms with Gasteiger partial charge in [-0.05, 0) is 7.05 Å². The van der Waals surface area contributed by atoms with Crippen LogP contribution in [0.4, 0.5) is 0 Å². The van der Waals surface area contributed by atoms with Gasteiger partial charge in [-0.15, -0.1) is 0 Å². The summed E-state index contributed by atoms with van der Waals surface area (Å²) in [5.41, 5.74) is 0. The summed E-state index contributed by atoms with van der Waals surface area (Å²) in [7, 11) is 1.79. The van der Waals surface area contributed by atoms with E-state index in [-0.39, 0.29) is 12.6 Å². The molecule has 0 saturated carbocycles. The Morgan fingerprint density at radius 1 is 1.90 bits per heavy atom. The summed E-state index contributed by atoms with van der Waals surface area (Å²) in [6, 6.07) is -0.450. The second-order valence-electron chi connectivity index (χ2n) is 2.35. The minimum atomic E-state index is -0.450. The molecule has 0 bridgehead atoms. The molecule has 1 atom stereocenters. The van der Waals surface area contributed by atoms with Crippen molar-refractivity contribution in [2.75, 3.05) is 26.8 Å².